The summed E-state index contributed by atoms with van der Waals surface area (Å²) in [6, 6.07) is 12.9. The van der Waals surface area contributed by atoms with E-state index in [4.69, 9.17) is 5.11 Å². The molecular formula is C13H11N5O. The molecule has 0 aliphatic heterocycles. The Labute approximate surface area is 109 Å². The number of hydrogen-bond donors (Lipinski definition) is 1. The number of tetrazole rings is 1. The molecule has 0 radical (unpaired) electrons. The van der Waals surface area contributed by atoms with E-state index in [0.29, 0.717) is 11.5 Å². The average molecular weight is 253 g/mol. The minimum Gasteiger partial charge on any atom is -0.392 e. The van der Waals surface area contributed by atoms with Gasteiger partial charge in [0.25, 0.3) is 0 Å². The Morgan fingerprint density at radius 2 is 2.05 bits per heavy atom. The van der Waals surface area contributed by atoms with Crippen molar-refractivity contribution in [2.75, 3.05) is 0 Å². The molecule has 0 unspecified atom stereocenters. The van der Waals surface area contributed by atoms with Crippen LogP contribution in [0.3, 0.4) is 0 Å². The molecule has 6 nitrogen and oxygen atoms in total. The molecule has 2 aromatic heterocycles. The Kier molecular flexibility index (Phi) is 2.99. The molecule has 94 valence electrons. The van der Waals surface area contributed by atoms with Crippen molar-refractivity contribution < 1.29 is 5.11 Å². The summed E-state index contributed by atoms with van der Waals surface area (Å²) < 4.78 is 0. The second kappa shape index (κ2) is 4.95. The molecule has 6 heteroatoms. The molecule has 3 rings (SSSR count). The number of rotatable bonds is 3. The average Bonchev–Trinajstić information content (AvgIpc) is 2.98. The third kappa shape index (κ3) is 2.34. The number of aliphatic hydroxyl groups is 1. The van der Waals surface area contributed by atoms with E-state index >= 15 is 0 Å². The first-order valence-electron chi connectivity index (χ1n) is 5.78. The fourth-order valence-corrected chi connectivity index (χ4v) is 1.70. The van der Waals surface area contributed by atoms with E-state index in [1.807, 2.05) is 42.5 Å². The van der Waals surface area contributed by atoms with Crippen LogP contribution < -0.4 is 0 Å². The number of hydrogen-bond acceptors (Lipinski definition) is 5. The Morgan fingerprint density at radius 1 is 1.11 bits per heavy atom. The van der Waals surface area contributed by atoms with E-state index in [0.717, 1.165) is 11.3 Å². The maximum Gasteiger partial charge on any atom is 0.223 e. The van der Waals surface area contributed by atoms with Gasteiger partial charge in [-0.1, -0.05) is 18.2 Å². The van der Waals surface area contributed by atoms with E-state index in [1.54, 1.807) is 6.20 Å². The Bertz CT molecular complexity index is 680. The molecule has 0 aliphatic rings. The molecule has 1 N–H and O–H groups in total. The van der Waals surface area contributed by atoms with Crippen molar-refractivity contribution in [3.8, 4) is 17.2 Å². The Morgan fingerprint density at radius 3 is 2.84 bits per heavy atom. The van der Waals surface area contributed by atoms with Crippen LogP contribution >= 0.6 is 0 Å². The molecule has 0 fully saturated rings. The second-order valence-corrected chi connectivity index (χ2v) is 3.95. The highest BCUT2D eigenvalue weighted by Gasteiger charge is 2.08. The van der Waals surface area contributed by atoms with Crippen molar-refractivity contribution in [3.63, 3.8) is 0 Å². The van der Waals surface area contributed by atoms with Crippen LogP contribution in [0, 0.1) is 0 Å². The predicted octanol–water partition coefficient (Wildman–Crippen LogP) is 1.22. The SMILES string of the molecule is OCc1cccc(-n2nnc(-c3ccccn3)n2)c1. The maximum atomic E-state index is 9.12. The van der Waals surface area contributed by atoms with Gasteiger partial charge in [0, 0.05) is 6.20 Å². The van der Waals surface area contributed by atoms with E-state index in [-0.39, 0.29) is 6.61 Å². The lowest BCUT2D eigenvalue weighted by Crippen LogP contribution is -2.00. The van der Waals surface area contributed by atoms with Gasteiger partial charge in [0.2, 0.25) is 5.82 Å². The van der Waals surface area contributed by atoms with Crippen molar-refractivity contribution in [1.29, 1.82) is 0 Å². The molecule has 3 aromatic rings. The summed E-state index contributed by atoms with van der Waals surface area (Å²) in [7, 11) is 0. The fraction of sp³-hybridized carbons (Fsp3) is 0.0769. The summed E-state index contributed by atoms with van der Waals surface area (Å²) in [5.41, 5.74) is 2.22. The van der Waals surface area contributed by atoms with Crippen molar-refractivity contribution in [1.82, 2.24) is 25.2 Å². The highest BCUT2D eigenvalue weighted by atomic mass is 16.3. The molecule has 2 heterocycles. The van der Waals surface area contributed by atoms with Crippen LogP contribution in [0.2, 0.25) is 0 Å². The highest BCUT2D eigenvalue weighted by Crippen LogP contribution is 2.12. The molecule has 19 heavy (non-hydrogen) atoms. The number of aliphatic hydroxyl groups excluding tert-OH is 1. The van der Waals surface area contributed by atoms with Gasteiger partial charge in [-0.2, -0.15) is 0 Å². The van der Waals surface area contributed by atoms with Crippen molar-refractivity contribution in [2.45, 2.75) is 6.61 Å². The third-order valence-electron chi connectivity index (χ3n) is 2.63. The summed E-state index contributed by atoms with van der Waals surface area (Å²) >= 11 is 0. The van der Waals surface area contributed by atoms with Gasteiger partial charge in [-0.25, -0.2) is 0 Å². The van der Waals surface area contributed by atoms with Gasteiger partial charge in [-0.15, -0.1) is 15.0 Å². The van der Waals surface area contributed by atoms with Gasteiger partial charge in [-0.05, 0) is 35.0 Å². The minimum absolute atomic E-state index is 0.0182. The monoisotopic (exact) mass is 253 g/mol. The Hall–Kier alpha value is -2.60. The number of benzene rings is 1. The largest absolute Gasteiger partial charge is 0.392 e. The van der Waals surface area contributed by atoms with Crippen molar-refractivity contribution in [2.24, 2.45) is 0 Å². The molecule has 0 aliphatic carbocycles. The smallest absolute Gasteiger partial charge is 0.223 e. The van der Waals surface area contributed by atoms with Crippen molar-refractivity contribution in [3.05, 3.63) is 54.2 Å². The van der Waals surface area contributed by atoms with Gasteiger partial charge in [0.1, 0.15) is 5.69 Å². The van der Waals surface area contributed by atoms with Crippen LogP contribution in [-0.2, 0) is 6.61 Å². The normalized spacial score (nSPS) is 10.6. The van der Waals surface area contributed by atoms with Gasteiger partial charge in [-0.3, -0.25) is 4.98 Å². The van der Waals surface area contributed by atoms with Crippen LogP contribution in [0.1, 0.15) is 5.56 Å². The lowest BCUT2D eigenvalue weighted by molar-refractivity contribution is 0.282. The first-order valence-corrected chi connectivity index (χ1v) is 5.78. The van der Waals surface area contributed by atoms with E-state index in [9.17, 15) is 0 Å². The molecule has 0 bridgehead atoms. The fourth-order valence-electron chi connectivity index (χ4n) is 1.70. The van der Waals surface area contributed by atoms with Crippen LogP contribution in [0.25, 0.3) is 17.2 Å². The lowest BCUT2D eigenvalue weighted by atomic mass is 10.2. The zero-order chi connectivity index (χ0) is 13.1. The summed E-state index contributed by atoms with van der Waals surface area (Å²) in [5.74, 6) is 0.468. The zero-order valence-corrected chi connectivity index (χ0v) is 10.0. The molecule has 0 amide bonds. The first kappa shape index (κ1) is 11.5. The van der Waals surface area contributed by atoms with Gasteiger partial charge >= 0.3 is 0 Å². The summed E-state index contributed by atoms with van der Waals surface area (Å²) in [5, 5.41) is 21.4. The quantitative estimate of drug-likeness (QED) is 0.759. The van der Waals surface area contributed by atoms with Crippen LogP contribution in [0.5, 0.6) is 0 Å². The maximum absolute atomic E-state index is 9.12. The van der Waals surface area contributed by atoms with Gasteiger partial charge in [0.05, 0.1) is 12.3 Å². The highest BCUT2D eigenvalue weighted by molar-refractivity contribution is 5.47. The molecule has 0 saturated heterocycles. The second-order valence-electron chi connectivity index (χ2n) is 3.95. The van der Waals surface area contributed by atoms with E-state index in [2.05, 4.69) is 20.4 Å². The molecule has 1 aromatic carbocycles. The molecule has 0 saturated carbocycles. The van der Waals surface area contributed by atoms with E-state index < -0.39 is 0 Å². The number of aromatic nitrogens is 5. The summed E-state index contributed by atoms with van der Waals surface area (Å²) in [6.07, 6.45) is 1.68. The van der Waals surface area contributed by atoms with Crippen LogP contribution in [0.15, 0.2) is 48.7 Å². The summed E-state index contributed by atoms with van der Waals surface area (Å²) in [6.45, 7) is -0.0182. The van der Waals surface area contributed by atoms with Crippen molar-refractivity contribution >= 4 is 0 Å². The minimum atomic E-state index is -0.0182. The Balaban J connectivity index is 1.97. The zero-order valence-electron chi connectivity index (χ0n) is 10.0. The van der Waals surface area contributed by atoms with Gasteiger partial charge < -0.3 is 5.11 Å². The van der Waals surface area contributed by atoms with E-state index in [1.165, 1.54) is 4.80 Å². The lowest BCUT2D eigenvalue weighted by Gasteiger charge is -2.00. The molecule has 0 spiro atoms. The third-order valence-corrected chi connectivity index (χ3v) is 2.63. The topological polar surface area (TPSA) is 76.7 Å². The summed E-state index contributed by atoms with van der Waals surface area (Å²) in [4.78, 5) is 5.59. The number of pyridine rings is 1. The molecule has 0 atom stereocenters. The first-order chi connectivity index (χ1) is 9.36. The van der Waals surface area contributed by atoms with Crippen LogP contribution in [0.4, 0.5) is 0 Å². The predicted molar refractivity (Wildman–Crippen MR) is 68.3 cm³/mol. The van der Waals surface area contributed by atoms with Gasteiger partial charge in [0.15, 0.2) is 0 Å². The van der Waals surface area contributed by atoms with Crippen LogP contribution in [-0.4, -0.2) is 30.3 Å². The standard InChI is InChI=1S/C13H11N5O/c19-9-10-4-3-5-11(8-10)18-16-13(15-17-18)12-6-1-2-7-14-12/h1-8,19H,9H2. The molecular weight excluding hydrogens is 242 g/mol. The number of nitrogens with zero attached hydrogens (tertiary/aromatic N) is 5.